The standard InChI is InChI=1S/C6H8BrN3/c1-4(2-8)6-5(7)3-9-10-6/h3H,1-2,8H2,(H,9,10). The quantitative estimate of drug-likeness (QED) is 0.755. The van der Waals surface area contributed by atoms with E-state index in [1.54, 1.807) is 6.20 Å². The molecule has 0 aliphatic heterocycles. The lowest BCUT2D eigenvalue weighted by atomic mass is 10.2. The third-order valence-electron chi connectivity index (χ3n) is 1.19. The van der Waals surface area contributed by atoms with E-state index in [0.717, 1.165) is 15.7 Å². The van der Waals surface area contributed by atoms with Gasteiger partial charge < -0.3 is 5.73 Å². The maximum absolute atomic E-state index is 5.36. The van der Waals surface area contributed by atoms with Crippen molar-refractivity contribution in [1.82, 2.24) is 10.2 Å². The Bertz CT molecular complexity index is 241. The molecule has 4 heteroatoms. The van der Waals surface area contributed by atoms with E-state index in [-0.39, 0.29) is 0 Å². The van der Waals surface area contributed by atoms with Crippen molar-refractivity contribution in [3.8, 4) is 0 Å². The van der Waals surface area contributed by atoms with Gasteiger partial charge in [-0.2, -0.15) is 5.10 Å². The molecular formula is C6H8BrN3. The van der Waals surface area contributed by atoms with Crippen LogP contribution in [0.5, 0.6) is 0 Å². The second kappa shape index (κ2) is 2.98. The fourth-order valence-electron chi connectivity index (χ4n) is 0.621. The van der Waals surface area contributed by atoms with Crippen LogP contribution in [0.2, 0.25) is 0 Å². The Kier molecular flexibility index (Phi) is 2.24. The lowest BCUT2D eigenvalue weighted by Crippen LogP contribution is -2.01. The van der Waals surface area contributed by atoms with Crippen LogP contribution in [-0.4, -0.2) is 16.7 Å². The van der Waals surface area contributed by atoms with Crippen molar-refractivity contribution >= 4 is 21.5 Å². The SMILES string of the molecule is C=C(CN)c1[nH]ncc1Br. The summed E-state index contributed by atoms with van der Waals surface area (Å²) in [5.74, 6) is 0. The first kappa shape index (κ1) is 7.50. The van der Waals surface area contributed by atoms with Gasteiger partial charge in [-0.15, -0.1) is 0 Å². The Labute approximate surface area is 67.4 Å². The predicted molar refractivity (Wildman–Crippen MR) is 44.4 cm³/mol. The van der Waals surface area contributed by atoms with E-state index in [2.05, 4.69) is 32.7 Å². The van der Waals surface area contributed by atoms with Crippen LogP contribution in [0.15, 0.2) is 17.2 Å². The van der Waals surface area contributed by atoms with Gasteiger partial charge in [0.25, 0.3) is 0 Å². The Balaban J connectivity index is 2.93. The van der Waals surface area contributed by atoms with E-state index in [9.17, 15) is 0 Å². The maximum Gasteiger partial charge on any atom is 0.0759 e. The van der Waals surface area contributed by atoms with Crippen molar-refractivity contribution in [2.45, 2.75) is 0 Å². The van der Waals surface area contributed by atoms with E-state index in [0.29, 0.717) is 6.54 Å². The van der Waals surface area contributed by atoms with Crippen LogP contribution in [0.1, 0.15) is 5.69 Å². The summed E-state index contributed by atoms with van der Waals surface area (Å²) in [6.45, 7) is 4.20. The number of halogens is 1. The first-order valence-electron chi connectivity index (χ1n) is 2.82. The number of aromatic amines is 1. The second-order valence-electron chi connectivity index (χ2n) is 1.90. The van der Waals surface area contributed by atoms with Gasteiger partial charge in [-0.05, 0) is 21.5 Å². The Morgan fingerprint density at radius 1 is 1.90 bits per heavy atom. The number of nitrogens with two attached hydrogens (primary N) is 1. The van der Waals surface area contributed by atoms with E-state index >= 15 is 0 Å². The molecule has 1 aromatic rings. The third kappa shape index (κ3) is 1.27. The topological polar surface area (TPSA) is 54.7 Å². The highest BCUT2D eigenvalue weighted by molar-refractivity contribution is 9.10. The monoisotopic (exact) mass is 201 g/mol. The number of nitrogens with zero attached hydrogens (tertiary/aromatic N) is 1. The smallest absolute Gasteiger partial charge is 0.0759 e. The summed E-state index contributed by atoms with van der Waals surface area (Å²) in [4.78, 5) is 0. The highest BCUT2D eigenvalue weighted by atomic mass is 79.9. The number of aromatic nitrogens is 2. The molecule has 0 bridgehead atoms. The van der Waals surface area contributed by atoms with Gasteiger partial charge in [0.1, 0.15) is 0 Å². The van der Waals surface area contributed by atoms with Crippen LogP contribution in [0.4, 0.5) is 0 Å². The fourth-order valence-corrected chi connectivity index (χ4v) is 1.09. The summed E-state index contributed by atoms with van der Waals surface area (Å²) in [6, 6.07) is 0. The zero-order valence-electron chi connectivity index (χ0n) is 5.39. The van der Waals surface area contributed by atoms with Crippen LogP contribution in [0, 0.1) is 0 Å². The predicted octanol–water partition coefficient (Wildman–Crippen LogP) is 1.14. The number of hydrogen-bond donors (Lipinski definition) is 2. The first-order chi connectivity index (χ1) is 4.75. The molecular weight excluding hydrogens is 194 g/mol. The summed E-state index contributed by atoms with van der Waals surface area (Å²) in [5.41, 5.74) is 7.09. The van der Waals surface area contributed by atoms with Crippen molar-refractivity contribution in [2.24, 2.45) is 5.73 Å². The Morgan fingerprint density at radius 3 is 3.00 bits per heavy atom. The Hall–Kier alpha value is -0.610. The summed E-state index contributed by atoms with van der Waals surface area (Å²) in [5, 5.41) is 6.58. The van der Waals surface area contributed by atoms with Gasteiger partial charge in [0.2, 0.25) is 0 Å². The number of hydrogen-bond acceptors (Lipinski definition) is 2. The zero-order valence-corrected chi connectivity index (χ0v) is 6.98. The molecule has 0 amide bonds. The maximum atomic E-state index is 5.36. The highest BCUT2D eigenvalue weighted by Gasteiger charge is 2.02. The molecule has 1 aromatic heterocycles. The lowest BCUT2D eigenvalue weighted by molar-refractivity contribution is 1.06. The van der Waals surface area contributed by atoms with Gasteiger partial charge >= 0.3 is 0 Å². The summed E-state index contributed by atoms with van der Waals surface area (Å²) in [6.07, 6.45) is 1.68. The molecule has 0 unspecified atom stereocenters. The minimum Gasteiger partial charge on any atom is -0.326 e. The normalized spacial score (nSPS) is 9.80. The molecule has 0 aliphatic rings. The molecule has 3 nitrogen and oxygen atoms in total. The number of H-pyrrole nitrogens is 1. The van der Waals surface area contributed by atoms with E-state index in [1.807, 2.05) is 0 Å². The van der Waals surface area contributed by atoms with Gasteiger partial charge in [0.05, 0.1) is 16.4 Å². The number of rotatable bonds is 2. The minimum absolute atomic E-state index is 0.445. The van der Waals surface area contributed by atoms with Gasteiger partial charge in [-0.1, -0.05) is 6.58 Å². The highest BCUT2D eigenvalue weighted by Crippen LogP contribution is 2.18. The van der Waals surface area contributed by atoms with Crippen molar-refractivity contribution < 1.29 is 0 Å². The summed E-state index contributed by atoms with van der Waals surface area (Å²) in [7, 11) is 0. The molecule has 0 aliphatic carbocycles. The van der Waals surface area contributed by atoms with Crippen LogP contribution in [0.25, 0.3) is 5.57 Å². The summed E-state index contributed by atoms with van der Waals surface area (Å²) >= 11 is 3.30. The van der Waals surface area contributed by atoms with Crippen LogP contribution in [0.3, 0.4) is 0 Å². The molecule has 3 N–H and O–H groups in total. The first-order valence-corrected chi connectivity index (χ1v) is 3.62. The van der Waals surface area contributed by atoms with Gasteiger partial charge in [0, 0.05) is 6.54 Å². The molecule has 1 heterocycles. The van der Waals surface area contributed by atoms with Crippen LogP contribution >= 0.6 is 15.9 Å². The van der Waals surface area contributed by atoms with Gasteiger partial charge in [-0.25, -0.2) is 0 Å². The lowest BCUT2D eigenvalue weighted by Gasteiger charge is -1.96. The van der Waals surface area contributed by atoms with Crippen molar-refractivity contribution in [3.63, 3.8) is 0 Å². The van der Waals surface area contributed by atoms with E-state index in [1.165, 1.54) is 0 Å². The average molecular weight is 202 g/mol. The minimum atomic E-state index is 0.445. The van der Waals surface area contributed by atoms with E-state index < -0.39 is 0 Å². The molecule has 0 saturated carbocycles. The average Bonchev–Trinajstić information content (AvgIpc) is 2.34. The molecule has 0 radical (unpaired) electrons. The van der Waals surface area contributed by atoms with Crippen molar-refractivity contribution in [2.75, 3.05) is 6.54 Å². The molecule has 0 spiro atoms. The number of nitrogens with one attached hydrogen (secondary N) is 1. The molecule has 54 valence electrons. The van der Waals surface area contributed by atoms with Gasteiger partial charge in [-0.3, -0.25) is 5.10 Å². The zero-order chi connectivity index (χ0) is 7.56. The largest absolute Gasteiger partial charge is 0.326 e. The Morgan fingerprint density at radius 2 is 2.60 bits per heavy atom. The third-order valence-corrected chi connectivity index (χ3v) is 1.79. The van der Waals surface area contributed by atoms with E-state index in [4.69, 9.17) is 5.73 Å². The molecule has 0 fully saturated rings. The molecule has 0 saturated heterocycles. The summed E-state index contributed by atoms with van der Waals surface area (Å²) < 4.78 is 0.906. The molecule has 10 heavy (non-hydrogen) atoms. The van der Waals surface area contributed by atoms with Crippen molar-refractivity contribution in [1.29, 1.82) is 0 Å². The van der Waals surface area contributed by atoms with Gasteiger partial charge in [0.15, 0.2) is 0 Å². The van der Waals surface area contributed by atoms with Crippen molar-refractivity contribution in [3.05, 3.63) is 22.9 Å². The second-order valence-corrected chi connectivity index (χ2v) is 2.75. The molecule has 0 atom stereocenters. The fraction of sp³-hybridized carbons (Fsp3) is 0.167. The van der Waals surface area contributed by atoms with Crippen LogP contribution in [-0.2, 0) is 0 Å². The molecule has 0 aromatic carbocycles. The van der Waals surface area contributed by atoms with Crippen LogP contribution < -0.4 is 5.73 Å². The molecule has 1 rings (SSSR count).